The average molecular weight is 314 g/mol. The standard InChI is InChI=1S/C12H12BrNO2S/c1-12(2,3)11-14-8(10(15)16-11)6-7-4-5-9(13)17-7/h4-6H,1-3H3/b8-6-. The molecule has 1 aliphatic rings. The molecule has 0 unspecified atom stereocenters. The van der Waals surface area contributed by atoms with Gasteiger partial charge in [0, 0.05) is 10.3 Å². The zero-order valence-electron chi connectivity index (χ0n) is 9.78. The molecular formula is C12H12BrNO2S. The van der Waals surface area contributed by atoms with Gasteiger partial charge in [-0.25, -0.2) is 9.79 Å². The van der Waals surface area contributed by atoms with Crippen molar-refractivity contribution in [2.24, 2.45) is 10.4 Å². The first-order chi connectivity index (χ1) is 7.86. The number of carbonyl (C=O) groups is 1. The van der Waals surface area contributed by atoms with Crippen LogP contribution in [-0.4, -0.2) is 11.9 Å². The van der Waals surface area contributed by atoms with E-state index in [4.69, 9.17) is 4.74 Å². The van der Waals surface area contributed by atoms with E-state index in [-0.39, 0.29) is 11.4 Å². The Bertz CT molecular complexity index is 523. The summed E-state index contributed by atoms with van der Waals surface area (Å²) in [4.78, 5) is 16.8. The summed E-state index contributed by atoms with van der Waals surface area (Å²) in [5, 5.41) is 0. The lowest BCUT2D eigenvalue weighted by Gasteiger charge is -2.15. The monoisotopic (exact) mass is 313 g/mol. The van der Waals surface area contributed by atoms with Crippen molar-refractivity contribution >= 4 is 45.2 Å². The van der Waals surface area contributed by atoms with Crippen molar-refractivity contribution < 1.29 is 9.53 Å². The summed E-state index contributed by atoms with van der Waals surface area (Å²) < 4.78 is 6.18. The average Bonchev–Trinajstić information content (AvgIpc) is 2.74. The van der Waals surface area contributed by atoms with E-state index in [2.05, 4.69) is 20.9 Å². The first-order valence-electron chi connectivity index (χ1n) is 5.14. The number of thiophene rings is 1. The molecule has 2 heterocycles. The largest absolute Gasteiger partial charge is 0.406 e. The lowest BCUT2D eigenvalue weighted by Crippen LogP contribution is -2.21. The van der Waals surface area contributed by atoms with Crippen LogP contribution >= 0.6 is 27.3 Å². The number of rotatable bonds is 1. The maximum Gasteiger partial charge on any atom is 0.363 e. The van der Waals surface area contributed by atoms with Crippen molar-refractivity contribution in [2.45, 2.75) is 20.8 Å². The highest BCUT2D eigenvalue weighted by atomic mass is 79.9. The summed E-state index contributed by atoms with van der Waals surface area (Å²) in [6.45, 7) is 5.89. The van der Waals surface area contributed by atoms with Crippen LogP contribution in [0.1, 0.15) is 25.6 Å². The van der Waals surface area contributed by atoms with Crippen LogP contribution in [0.15, 0.2) is 26.6 Å². The van der Waals surface area contributed by atoms with Crippen LogP contribution < -0.4 is 0 Å². The van der Waals surface area contributed by atoms with Gasteiger partial charge in [0.05, 0.1) is 3.79 Å². The van der Waals surface area contributed by atoms with Crippen LogP contribution in [0.2, 0.25) is 0 Å². The van der Waals surface area contributed by atoms with Crippen molar-refractivity contribution in [3.63, 3.8) is 0 Å². The smallest absolute Gasteiger partial charge is 0.363 e. The van der Waals surface area contributed by atoms with Crippen molar-refractivity contribution in [3.8, 4) is 0 Å². The maximum atomic E-state index is 11.6. The zero-order chi connectivity index (χ0) is 12.6. The Morgan fingerprint density at radius 2 is 2.12 bits per heavy atom. The molecule has 90 valence electrons. The summed E-state index contributed by atoms with van der Waals surface area (Å²) in [7, 11) is 0. The summed E-state index contributed by atoms with van der Waals surface area (Å²) in [5.74, 6) is 0.101. The van der Waals surface area contributed by atoms with Gasteiger partial charge in [0.25, 0.3) is 0 Å². The molecule has 0 saturated carbocycles. The normalized spacial score (nSPS) is 18.5. The first-order valence-corrected chi connectivity index (χ1v) is 6.75. The maximum absolute atomic E-state index is 11.6. The predicted molar refractivity (Wildman–Crippen MR) is 73.0 cm³/mol. The molecule has 0 bridgehead atoms. The molecule has 0 aliphatic carbocycles. The van der Waals surface area contributed by atoms with Gasteiger partial charge in [-0.1, -0.05) is 20.8 Å². The number of hydrogen-bond donors (Lipinski definition) is 0. The summed E-state index contributed by atoms with van der Waals surface area (Å²) in [5.41, 5.74) is 0.116. The van der Waals surface area contributed by atoms with Crippen molar-refractivity contribution in [2.75, 3.05) is 0 Å². The molecule has 1 aromatic rings. The summed E-state index contributed by atoms with van der Waals surface area (Å²) >= 11 is 4.93. The fourth-order valence-electron chi connectivity index (χ4n) is 1.27. The fourth-order valence-corrected chi connectivity index (χ4v) is 2.63. The molecule has 0 saturated heterocycles. The Kier molecular flexibility index (Phi) is 3.23. The molecule has 0 atom stereocenters. The molecule has 1 aliphatic heterocycles. The number of ether oxygens (including phenoxy) is 1. The van der Waals surface area contributed by atoms with E-state index in [0.29, 0.717) is 11.6 Å². The van der Waals surface area contributed by atoms with Crippen LogP contribution in [0.4, 0.5) is 0 Å². The molecule has 17 heavy (non-hydrogen) atoms. The van der Waals surface area contributed by atoms with Gasteiger partial charge in [0.2, 0.25) is 5.90 Å². The van der Waals surface area contributed by atoms with Gasteiger partial charge in [0.1, 0.15) is 0 Å². The minimum absolute atomic E-state index is 0.249. The molecule has 0 N–H and O–H groups in total. The van der Waals surface area contributed by atoms with E-state index >= 15 is 0 Å². The third-order valence-electron chi connectivity index (χ3n) is 2.14. The topological polar surface area (TPSA) is 38.7 Å². The second kappa shape index (κ2) is 4.38. The minimum atomic E-state index is -0.376. The van der Waals surface area contributed by atoms with Gasteiger partial charge in [-0.2, -0.15) is 0 Å². The molecule has 5 heteroatoms. The SMILES string of the molecule is CC(C)(C)C1=N/C(=C\c2ccc(Br)s2)C(=O)O1. The number of aliphatic imine (C=N–C) groups is 1. The Balaban J connectivity index is 2.31. The van der Waals surface area contributed by atoms with Crippen molar-refractivity contribution in [3.05, 3.63) is 26.5 Å². The summed E-state index contributed by atoms with van der Waals surface area (Å²) in [6, 6.07) is 3.87. The van der Waals surface area contributed by atoms with E-state index in [1.165, 1.54) is 0 Å². The molecule has 0 amide bonds. The second-order valence-electron chi connectivity index (χ2n) is 4.73. The van der Waals surface area contributed by atoms with Crippen molar-refractivity contribution in [1.29, 1.82) is 0 Å². The van der Waals surface area contributed by atoms with E-state index in [1.807, 2.05) is 32.9 Å². The van der Waals surface area contributed by atoms with Crippen LogP contribution in [0.5, 0.6) is 0 Å². The highest BCUT2D eigenvalue weighted by Crippen LogP contribution is 2.28. The van der Waals surface area contributed by atoms with Gasteiger partial charge in [-0.05, 0) is 34.1 Å². The van der Waals surface area contributed by atoms with E-state index in [1.54, 1.807) is 17.4 Å². The van der Waals surface area contributed by atoms with Crippen LogP contribution in [0.3, 0.4) is 0 Å². The lowest BCUT2D eigenvalue weighted by molar-refractivity contribution is -0.130. The van der Waals surface area contributed by atoms with E-state index in [0.717, 1.165) is 8.66 Å². The minimum Gasteiger partial charge on any atom is -0.406 e. The zero-order valence-corrected chi connectivity index (χ0v) is 12.2. The number of nitrogens with zero attached hydrogens (tertiary/aromatic N) is 1. The second-order valence-corrected chi connectivity index (χ2v) is 7.22. The molecule has 0 radical (unpaired) electrons. The van der Waals surface area contributed by atoms with Crippen LogP contribution in [0, 0.1) is 5.41 Å². The third-order valence-corrected chi connectivity index (χ3v) is 3.71. The molecule has 0 aromatic carbocycles. The molecule has 0 spiro atoms. The number of esters is 1. The fraction of sp³-hybridized carbons (Fsp3) is 0.333. The highest BCUT2D eigenvalue weighted by molar-refractivity contribution is 9.11. The number of cyclic esters (lactones) is 1. The molecular weight excluding hydrogens is 302 g/mol. The van der Waals surface area contributed by atoms with E-state index < -0.39 is 0 Å². The predicted octanol–water partition coefficient (Wildman–Crippen LogP) is 3.85. The Hall–Kier alpha value is -0.940. The molecule has 0 fully saturated rings. The Morgan fingerprint density at radius 1 is 1.41 bits per heavy atom. The number of halogens is 1. The van der Waals surface area contributed by atoms with Gasteiger partial charge >= 0.3 is 5.97 Å². The lowest BCUT2D eigenvalue weighted by atomic mass is 9.97. The number of carbonyl (C=O) groups excluding carboxylic acids is 1. The van der Waals surface area contributed by atoms with Gasteiger partial charge < -0.3 is 4.74 Å². The van der Waals surface area contributed by atoms with Crippen LogP contribution in [0.25, 0.3) is 6.08 Å². The Morgan fingerprint density at radius 3 is 2.59 bits per heavy atom. The Labute approximate surface area is 112 Å². The van der Waals surface area contributed by atoms with Gasteiger partial charge in [-0.3, -0.25) is 0 Å². The quantitative estimate of drug-likeness (QED) is 0.583. The van der Waals surface area contributed by atoms with Gasteiger partial charge in [-0.15, -0.1) is 11.3 Å². The highest BCUT2D eigenvalue weighted by Gasteiger charge is 2.31. The third kappa shape index (κ3) is 2.84. The molecule has 3 nitrogen and oxygen atoms in total. The van der Waals surface area contributed by atoms with Gasteiger partial charge in [0.15, 0.2) is 5.70 Å². The molecule has 1 aromatic heterocycles. The number of hydrogen-bond acceptors (Lipinski definition) is 4. The van der Waals surface area contributed by atoms with E-state index in [9.17, 15) is 4.79 Å². The summed E-state index contributed by atoms with van der Waals surface area (Å²) in [6.07, 6.45) is 1.75. The van der Waals surface area contributed by atoms with Crippen LogP contribution in [-0.2, 0) is 9.53 Å². The first kappa shape index (κ1) is 12.5. The molecule has 2 rings (SSSR count). The van der Waals surface area contributed by atoms with Crippen molar-refractivity contribution in [1.82, 2.24) is 0 Å².